The maximum atomic E-state index is 13.9. The van der Waals surface area contributed by atoms with Crippen LogP contribution in [-0.4, -0.2) is 9.97 Å². The predicted octanol–water partition coefficient (Wildman–Crippen LogP) is 5.48. The van der Waals surface area contributed by atoms with Crippen LogP contribution in [0.15, 0.2) is 54.7 Å². The topological polar surface area (TPSA) is 47.0 Å². The van der Waals surface area contributed by atoms with Gasteiger partial charge in [0.1, 0.15) is 6.61 Å². The van der Waals surface area contributed by atoms with E-state index in [0.717, 1.165) is 23.9 Å². The lowest BCUT2D eigenvalue weighted by atomic mass is 10.1. The molecule has 9 heteroatoms. The van der Waals surface area contributed by atoms with Crippen LogP contribution < -0.4 is 10.1 Å². The van der Waals surface area contributed by atoms with Crippen LogP contribution in [0.4, 0.5) is 23.4 Å². The van der Waals surface area contributed by atoms with Gasteiger partial charge in [0, 0.05) is 11.6 Å². The maximum absolute atomic E-state index is 13.9. The number of rotatable bonds is 6. The number of ether oxygens (including phenoxy) is 1. The minimum Gasteiger partial charge on any atom is -0.459 e. The molecule has 0 atom stereocenters. The molecule has 28 heavy (non-hydrogen) atoms. The SMILES string of the molecule is Fc1cnc(OCc2ccc(C(F)(F)F)cc2)nc1NCc1ccc(Cl)cc1. The Kier molecular flexibility index (Phi) is 5.99. The second-order valence-corrected chi connectivity index (χ2v) is 6.25. The van der Waals surface area contributed by atoms with Crippen molar-refractivity contribution >= 4 is 17.4 Å². The van der Waals surface area contributed by atoms with Crippen molar-refractivity contribution in [2.45, 2.75) is 19.3 Å². The van der Waals surface area contributed by atoms with Gasteiger partial charge in [0.2, 0.25) is 0 Å². The van der Waals surface area contributed by atoms with E-state index < -0.39 is 17.6 Å². The van der Waals surface area contributed by atoms with Gasteiger partial charge in [-0.2, -0.15) is 18.2 Å². The largest absolute Gasteiger partial charge is 0.459 e. The average Bonchev–Trinajstić information content (AvgIpc) is 2.67. The number of nitrogens with zero attached hydrogens (tertiary/aromatic N) is 2. The molecule has 0 saturated heterocycles. The van der Waals surface area contributed by atoms with Crippen LogP contribution in [0.2, 0.25) is 5.02 Å². The van der Waals surface area contributed by atoms with Gasteiger partial charge in [0.15, 0.2) is 11.6 Å². The molecule has 0 aliphatic heterocycles. The molecule has 0 amide bonds. The highest BCUT2D eigenvalue weighted by molar-refractivity contribution is 6.30. The summed E-state index contributed by atoms with van der Waals surface area (Å²) in [6.07, 6.45) is -3.44. The summed E-state index contributed by atoms with van der Waals surface area (Å²) in [5.41, 5.74) is 0.620. The molecule has 0 bridgehead atoms. The highest BCUT2D eigenvalue weighted by Crippen LogP contribution is 2.29. The van der Waals surface area contributed by atoms with E-state index in [2.05, 4.69) is 15.3 Å². The maximum Gasteiger partial charge on any atom is 0.416 e. The molecule has 1 N–H and O–H groups in total. The fourth-order valence-corrected chi connectivity index (χ4v) is 2.40. The van der Waals surface area contributed by atoms with Gasteiger partial charge in [0.25, 0.3) is 0 Å². The molecular formula is C19H14ClF4N3O. The smallest absolute Gasteiger partial charge is 0.416 e. The zero-order valence-corrected chi connectivity index (χ0v) is 15.1. The summed E-state index contributed by atoms with van der Waals surface area (Å²) in [7, 11) is 0. The van der Waals surface area contributed by atoms with Gasteiger partial charge in [-0.25, -0.2) is 9.37 Å². The van der Waals surface area contributed by atoms with Gasteiger partial charge in [-0.15, -0.1) is 0 Å². The molecule has 0 saturated carbocycles. The van der Waals surface area contributed by atoms with Crippen molar-refractivity contribution in [3.05, 3.63) is 82.3 Å². The van der Waals surface area contributed by atoms with Crippen molar-refractivity contribution < 1.29 is 22.3 Å². The summed E-state index contributed by atoms with van der Waals surface area (Å²) in [5.74, 6) is -0.705. The van der Waals surface area contributed by atoms with Gasteiger partial charge in [-0.3, -0.25) is 0 Å². The molecule has 3 aromatic rings. The molecule has 0 aliphatic carbocycles. The number of anilines is 1. The van der Waals surface area contributed by atoms with E-state index in [0.29, 0.717) is 17.1 Å². The third kappa shape index (κ3) is 5.32. The molecule has 0 aliphatic rings. The first-order chi connectivity index (χ1) is 13.3. The Morgan fingerprint density at radius 3 is 2.25 bits per heavy atom. The molecule has 0 spiro atoms. The summed E-state index contributed by atoms with van der Waals surface area (Å²) < 4.78 is 56.9. The highest BCUT2D eigenvalue weighted by Gasteiger charge is 2.29. The van der Waals surface area contributed by atoms with Gasteiger partial charge in [0.05, 0.1) is 11.8 Å². The average molecular weight is 412 g/mol. The number of aromatic nitrogens is 2. The van der Waals surface area contributed by atoms with Crippen LogP contribution in [0.25, 0.3) is 0 Å². The third-order valence-electron chi connectivity index (χ3n) is 3.74. The summed E-state index contributed by atoms with van der Waals surface area (Å²) in [4.78, 5) is 7.68. The molecule has 146 valence electrons. The fraction of sp³-hybridized carbons (Fsp3) is 0.158. The van der Waals surface area contributed by atoms with Crippen LogP contribution >= 0.6 is 11.6 Å². The standard InChI is InChI=1S/C19H14ClF4N3O/c20-15-7-3-12(4-8-15)9-25-17-16(21)10-26-18(27-17)28-11-13-1-5-14(6-2-13)19(22,23)24/h1-8,10H,9,11H2,(H,25,26,27). The van der Waals surface area contributed by atoms with Gasteiger partial charge < -0.3 is 10.1 Å². The van der Waals surface area contributed by atoms with E-state index >= 15 is 0 Å². The van der Waals surface area contributed by atoms with Crippen molar-refractivity contribution in [3.63, 3.8) is 0 Å². The molecule has 0 fully saturated rings. The Bertz CT molecular complexity index is 931. The second kappa shape index (κ2) is 8.43. The van der Waals surface area contributed by atoms with E-state index in [1.54, 1.807) is 24.3 Å². The van der Waals surface area contributed by atoms with E-state index in [4.69, 9.17) is 16.3 Å². The van der Waals surface area contributed by atoms with Crippen molar-refractivity contribution in [1.82, 2.24) is 9.97 Å². The number of hydrogen-bond acceptors (Lipinski definition) is 4. The number of halogens is 5. The van der Waals surface area contributed by atoms with Gasteiger partial charge in [-0.05, 0) is 35.4 Å². The van der Waals surface area contributed by atoms with Crippen molar-refractivity contribution in [3.8, 4) is 6.01 Å². The minimum absolute atomic E-state index is 0.0487. The lowest BCUT2D eigenvalue weighted by Crippen LogP contribution is -2.07. The van der Waals surface area contributed by atoms with Gasteiger partial charge in [-0.1, -0.05) is 35.9 Å². The summed E-state index contributed by atoms with van der Waals surface area (Å²) in [5, 5.41) is 3.43. The summed E-state index contributed by atoms with van der Waals surface area (Å²) >= 11 is 5.82. The minimum atomic E-state index is -4.40. The quantitative estimate of drug-likeness (QED) is 0.546. The first-order valence-corrected chi connectivity index (χ1v) is 8.49. The van der Waals surface area contributed by atoms with Crippen LogP contribution in [0.1, 0.15) is 16.7 Å². The molecule has 0 unspecified atom stereocenters. The predicted molar refractivity (Wildman–Crippen MR) is 96.5 cm³/mol. The zero-order valence-electron chi connectivity index (χ0n) is 14.3. The molecule has 0 radical (unpaired) electrons. The highest BCUT2D eigenvalue weighted by atomic mass is 35.5. The van der Waals surface area contributed by atoms with Crippen molar-refractivity contribution in [1.29, 1.82) is 0 Å². The van der Waals surface area contributed by atoms with E-state index in [1.165, 1.54) is 12.1 Å². The monoisotopic (exact) mass is 411 g/mol. The van der Waals surface area contributed by atoms with Crippen molar-refractivity contribution in [2.24, 2.45) is 0 Å². The van der Waals surface area contributed by atoms with E-state index in [-0.39, 0.29) is 18.4 Å². The van der Waals surface area contributed by atoms with Crippen LogP contribution in [-0.2, 0) is 19.3 Å². The molecule has 2 aromatic carbocycles. The Balaban J connectivity index is 1.61. The van der Waals surface area contributed by atoms with Crippen LogP contribution in [0.5, 0.6) is 6.01 Å². The Labute approximate surface area is 163 Å². The second-order valence-electron chi connectivity index (χ2n) is 5.81. The van der Waals surface area contributed by atoms with Crippen molar-refractivity contribution in [2.75, 3.05) is 5.32 Å². The fourth-order valence-electron chi connectivity index (χ4n) is 2.27. The molecule has 3 rings (SSSR count). The first kappa shape index (κ1) is 19.9. The van der Waals surface area contributed by atoms with Crippen LogP contribution in [0.3, 0.4) is 0 Å². The summed E-state index contributed by atoms with van der Waals surface area (Å²) in [6, 6.07) is 11.4. The van der Waals surface area contributed by atoms with E-state index in [1.807, 2.05) is 0 Å². The normalized spacial score (nSPS) is 11.3. The zero-order chi connectivity index (χ0) is 20.1. The molecule has 4 nitrogen and oxygen atoms in total. The molecular weight excluding hydrogens is 398 g/mol. The first-order valence-electron chi connectivity index (χ1n) is 8.11. The number of hydrogen-bond donors (Lipinski definition) is 1. The Morgan fingerprint density at radius 1 is 0.964 bits per heavy atom. The van der Waals surface area contributed by atoms with Gasteiger partial charge >= 0.3 is 12.2 Å². The number of alkyl halides is 3. The van der Waals surface area contributed by atoms with Crippen LogP contribution in [0, 0.1) is 5.82 Å². The molecule has 1 heterocycles. The number of nitrogens with one attached hydrogen (secondary N) is 1. The lowest BCUT2D eigenvalue weighted by molar-refractivity contribution is -0.137. The summed E-state index contributed by atoms with van der Waals surface area (Å²) in [6.45, 7) is 0.254. The molecule has 1 aromatic heterocycles. The van der Waals surface area contributed by atoms with E-state index in [9.17, 15) is 17.6 Å². The Morgan fingerprint density at radius 2 is 1.61 bits per heavy atom. The lowest BCUT2D eigenvalue weighted by Gasteiger charge is -2.10. The number of benzene rings is 2. The Hall–Kier alpha value is -2.87. The third-order valence-corrected chi connectivity index (χ3v) is 4.00.